The first-order valence-electron chi connectivity index (χ1n) is 6.22. The molecule has 3 nitrogen and oxygen atoms in total. The lowest BCUT2D eigenvalue weighted by atomic mass is 10.1. The second-order valence-electron chi connectivity index (χ2n) is 5.45. The third-order valence-corrected chi connectivity index (χ3v) is 2.69. The number of nitrogens with one attached hydrogen (secondary N) is 1. The molecular weight excluding hydrogens is 226 g/mol. The predicted octanol–water partition coefficient (Wildman–Crippen LogP) is 3.44. The fraction of sp³-hybridized carbons (Fsp3) is 0.400. The number of carbonyl (C=O) groups is 1. The standard InChI is InChI=1S/C15H19NO2/c1-15(2,3)18-14(17)9-8-11-10-16-13-7-5-4-6-12(11)13/h4-7,10,16H,8-9H2,1-3H3. The highest BCUT2D eigenvalue weighted by Crippen LogP contribution is 2.19. The molecule has 0 aliphatic heterocycles. The van der Waals surface area contributed by atoms with Crippen LogP contribution < -0.4 is 0 Å². The van der Waals surface area contributed by atoms with Gasteiger partial charge in [0, 0.05) is 23.5 Å². The quantitative estimate of drug-likeness (QED) is 0.842. The van der Waals surface area contributed by atoms with Gasteiger partial charge in [-0.25, -0.2) is 0 Å². The fourth-order valence-corrected chi connectivity index (χ4v) is 1.97. The second-order valence-corrected chi connectivity index (χ2v) is 5.45. The van der Waals surface area contributed by atoms with Gasteiger partial charge in [0.1, 0.15) is 5.60 Å². The van der Waals surface area contributed by atoms with E-state index in [1.807, 2.05) is 45.2 Å². The van der Waals surface area contributed by atoms with Crippen molar-refractivity contribution in [2.24, 2.45) is 0 Å². The summed E-state index contributed by atoms with van der Waals surface area (Å²) in [5.41, 5.74) is 1.87. The average Bonchev–Trinajstić information content (AvgIpc) is 2.67. The Bertz CT molecular complexity index is 549. The Morgan fingerprint density at radius 2 is 2.00 bits per heavy atom. The molecule has 0 radical (unpaired) electrons. The molecule has 0 unspecified atom stereocenters. The third-order valence-electron chi connectivity index (χ3n) is 2.69. The van der Waals surface area contributed by atoms with Crippen LogP contribution in [0.5, 0.6) is 0 Å². The summed E-state index contributed by atoms with van der Waals surface area (Å²) in [7, 11) is 0. The number of esters is 1. The average molecular weight is 245 g/mol. The highest BCUT2D eigenvalue weighted by molar-refractivity contribution is 5.83. The first kappa shape index (κ1) is 12.7. The molecule has 0 fully saturated rings. The maximum absolute atomic E-state index is 11.7. The molecule has 0 aliphatic carbocycles. The summed E-state index contributed by atoms with van der Waals surface area (Å²) in [5, 5.41) is 1.18. The van der Waals surface area contributed by atoms with Crippen LogP contribution in [0, 0.1) is 0 Å². The second kappa shape index (κ2) is 4.84. The van der Waals surface area contributed by atoms with Crippen LogP contribution in [0.2, 0.25) is 0 Å². The number of benzene rings is 1. The highest BCUT2D eigenvalue weighted by Gasteiger charge is 2.16. The van der Waals surface area contributed by atoms with Crippen LogP contribution in [0.3, 0.4) is 0 Å². The van der Waals surface area contributed by atoms with Crippen molar-refractivity contribution in [3.63, 3.8) is 0 Å². The Balaban J connectivity index is 2.00. The van der Waals surface area contributed by atoms with Crippen molar-refractivity contribution in [2.45, 2.75) is 39.2 Å². The molecule has 0 aliphatic rings. The van der Waals surface area contributed by atoms with Gasteiger partial charge in [-0.15, -0.1) is 0 Å². The molecule has 96 valence electrons. The summed E-state index contributed by atoms with van der Waals surface area (Å²) in [4.78, 5) is 14.9. The van der Waals surface area contributed by atoms with Crippen molar-refractivity contribution < 1.29 is 9.53 Å². The number of hydrogen-bond donors (Lipinski definition) is 1. The van der Waals surface area contributed by atoms with Crippen LogP contribution in [0.1, 0.15) is 32.8 Å². The molecule has 1 aromatic heterocycles. The first-order chi connectivity index (χ1) is 8.46. The number of para-hydroxylation sites is 1. The Kier molecular flexibility index (Phi) is 3.41. The molecule has 0 spiro atoms. The van der Waals surface area contributed by atoms with E-state index in [2.05, 4.69) is 11.1 Å². The zero-order chi connectivity index (χ0) is 13.2. The van der Waals surface area contributed by atoms with Crippen LogP contribution in [-0.4, -0.2) is 16.6 Å². The predicted molar refractivity (Wildman–Crippen MR) is 72.5 cm³/mol. The van der Waals surface area contributed by atoms with E-state index in [0.29, 0.717) is 12.8 Å². The molecule has 1 aromatic carbocycles. The molecule has 3 heteroatoms. The number of aromatic nitrogens is 1. The molecule has 0 saturated heterocycles. The van der Waals surface area contributed by atoms with Gasteiger partial charge in [0.2, 0.25) is 0 Å². The molecule has 0 amide bonds. The number of rotatable bonds is 3. The summed E-state index contributed by atoms with van der Waals surface area (Å²) in [5.74, 6) is -0.146. The summed E-state index contributed by atoms with van der Waals surface area (Å²) in [6.45, 7) is 5.66. The molecular formula is C15H19NO2. The van der Waals surface area contributed by atoms with Gasteiger partial charge in [0.15, 0.2) is 0 Å². The number of hydrogen-bond acceptors (Lipinski definition) is 2. The van der Waals surface area contributed by atoms with E-state index in [4.69, 9.17) is 4.74 Å². The Morgan fingerprint density at radius 3 is 2.72 bits per heavy atom. The Hall–Kier alpha value is -1.77. The number of fused-ring (bicyclic) bond motifs is 1. The zero-order valence-electron chi connectivity index (χ0n) is 11.1. The third kappa shape index (κ3) is 3.13. The van der Waals surface area contributed by atoms with E-state index in [1.165, 1.54) is 5.39 Å². The van der Waals surface area contributed by atoms with Crippen molar-refractivity contribution in [2.75, 3.05) is 0 Å². The first-order valence-corrected chi connectivity index (χ1v) is 6.22. The number of H-pyrrole nitrogens is 1. The van der Waals surface area contributed by atoms with Gasteiger partial charge in [-0.3, -0.25) is 4.79 Å². The minimum atomic E-state index is -0.405. The lowest BCUT2D eigenvalue weighted by Crippen LogP contribution is -2.23. The van der Waals surface area contributed by atoms with Crippen LogP contribution in [-0.2, 0) is 16.0 Å². The van der Waals surface area contributed by atoms with Gasteiger partial charge in [-0.1, -0.05) is 18.2 Å². The summed E-state index contributed by atoms with van der Waals surface area (Å²) in [6.07, 6.45) is 3.09. The molecule has 0 bridgehead atoms. The number of ether oxygens (including phenoxy) is 1. The van der Waals surface area contributed by atoms with Crippen LogP contribution in [0.4, 0.5) is 0 Å². The number of aromatic amines is 1. The van der Waals surface area contributed by atoms with Crippen molar-refractivity contribution in [1.29, 1.82) is 0 Å². The van der Waals surface area contributed by atoms with Crippen LogP contribution in [0.15, 0.2) is 30.5 Å². The van der Waals surface area contributed by atoms with Gasteiger partial charge in [0.05, 0.1) is 0 Å². The van der Waals surface area contributed by atoms with Gasteiger partial charge in [0.25, 0.3) is 0 Å². The lowest BCUT2D eigenvalue weighted by molar-refractivity contribution is -0.154. The van der Waals surface area contributed by atoms with Gasteiger partial charge < -0.3 is 9.72 Å². The van der Waals surface area contributed by atoms with Crippen LogP contribution >= 0.6 is 0 Å². The van der Waals surface area contributed by atoms with E-state index in [1.54, 1.807) is 0 Å². The molecule has 18 heavy (non-hydrogen) atoms. The summed E-state index contributed by atoms with van der Waals surface area (Å²) >= 11 is 0. The SMILES string of the molecule is CC(C)(C)OC(=O)CCc1c[nH]c2ccccc12. The molecule has 1 heterocycles. The maximum Gasteiger partial charge on any atom is 0.306 e. The smallest absolute Gasteiger partial charge is 0.306 e. The van der Waals surface area contributed by atoms with Crippen molar-refractivity contribution in [3.05, 3.63) is 36.0 Å². The van der Waals surface area contributed by atoms with Crippen molar-refractivity contribution in [1.82, 2.24) is 4.98 Å². The van der Waals surface area contributed by atoms with Crippen molar-refractivity contribution >= 4 is 16.9 Å². The van der Waals surface area contributed by atoms with Gasteiger partial charge in [-0.2, -0.15) is 0 Å². The van der Waals surface area contributed by atoms with E-state index in [0.717, 1.165) is 11.1 Å². The molecule has 1 N–H and O–H groups in total. The minimum Gasteiger partial charge on any atom is -0.460 e. The molecule has 2 rings (SSSR count). The summed E-state index contributed by atoms with van der Waals surface area (Å²) < 4.78 is 5.30. The fourth-order valence-electron chi connectivity index (χ4n) is 1.97. The van der Waals surface area contributed by atoms with Crippen molar-refractivity contribution in [3.8, 4) is 0 Å². The van der Waals surface area contributed by atoms with E-state index in [9.17, 15) is 4.79 Å². The number of aryl methyl sites for hydroxylation is 1. The maximum atomic E-state index is 11.7. The Labute approximate surface area is 107 Å². The zero-order valence-corrected chi connectivity index (χ0v) is 11.1. The lowest BCUT2D eigenvalue weighted by Gasteiger charge is -2.19. The van der Waals surface area contributed by atoms with E-state index < -0.39 is 5.60 Å². The molecule has 2 aromatic rings. The van der Waals surface area contributed by atoms with Gasteiger partial charge in [-0.05, 0) is 38.8 Å². The monoisotopic (exact) mass is 245 g/mol. The largest absolute Gasteiger partial charge is 0.460 e. The normalized spacial score (nSPS) is 11.7. The van der Waals surface area contributed by atoms with Crippen LogP contribution in [0.25, 0.3) is 10.9 Å². The highest BCUT2D eigenvalue weighted by atomic mass is 16.6. The minimum absolute atomic E-state index is 0.146. The van der Waals surface area contributed by atoms with E-state index >= 15 is 0 Å². The topological polar surface area (TPSA) is 42.1 Å². The molecule has 0 saturated carbocycles. The van der Waals surface area contributed by atoms with E-state index in [-0.39, 0.29) is 5.97 Å². The number of carbonyl (C=O) groups excluding carboxylic acids is 1. The van der Waals surface area contributed by atoms with Gasteiger partial charge >= 0.3 is 5.97 Å². The Morgan fingerprint density at radius 1 is 1.28 bits per heavy atom. The molecule has 0 atom stereocenters. The summed E-state index contributed by atoms with van der Waals surface area (Å²) in [6, 6.07) is 8.10.